The van der Waals surface area contributed by atoms with E-state index in [2.05, 4.69) is 0 Å². The molecule has 0 aliphatic carbocycles. The van der Waals surface area contributed by atoms with Crippen molar-refractivity contribution in [2.24, 2.45) is 5.84 Å². The Hall–Kier alpha value is -1.97. The minimum Gasteiger partial charge on any atom is -0.464 e. The van der Waals surface area contributed by atoms with E-state index in [0.29, 0.717) is 0 Å². The summed E-state index contributed by atoms with van der Waals surface area (Å²) >= 11 is 0. The Labute approximate surface area is 147 Å². The van der Waals surface area contributed by atoms with Gasteiger partial charge in [-0.05, 0) is 39.8 Å². The molecule has 0 saturated carbocycles. The molecule has 0 unspecified atom stereocenters. The van der Waals surface area contributed by atoms with E-state index in [-0.39, 0.29) is 11.5 Å². The van der Waals surface area contributed by atoms with E-state index in [1.807, 2.05) is 5.43 Å². The topological polar surface area (TPSA) is 125 Å². The molecule has 8 nitrogen and oxygen atoms in total. The van der Waals surface area contributed by atoms with Crippen LogP contribution < -0.4 is 11.3 Å². The van der Waals surface area contributed by atoms with Gasteiger partial charge in [0.15, 0.2) is 0 Å². The van der Waals surface area contributed by atoms with Crippen LogP contribution in [0.1, 0.15) is 34.1 Å². The van der Waals surface area contributed by atoms with Crippen molar-refractivity contribution in [3.63, 3.8) is 0 Å². The molecule has 1 rings (SSSR count). The lowest BCUT2D eigenvalue weighted by Gasteiger charge is -2.30. The summed E-state index contributed by atoms with van der Waals surface area (Å²) in [6.45, 7) is 6.30. The van der Waals surface area contributed by atoms with Crippen molar-refractivity contribution in [2.75, 3.05) is 6.61 Å². The first-order chi connectivity index (χ1) is 11.5. The highest BCUT2D eigenvalue weighted by Crippen LogP contribution is 2.29. The Morgan fingerprint density at radius 3 is 2.16 bits per heavy atom. The molecule has 3 N–H and O–H groups in total. The second-order valence-electron chi connectivity index (χ2n) is 6.27. The molecule has 0 heterocycles. The summed E-state index contributed by atoms with van der Waals surface area (Å²) in [7, 11) is -4.40. The highest BCUT2D eigenvalue weighted by Gasteiger charge is 2.54. The second-order valence-corrected chi connectivity index (χ2v) is 8.45. The van der Waals surface area contributed by atoms with Gasteiger partial charge in [0.05, 0.1) is 17.9 Å². The first-order valence-corrected chi connectivity index (χ1v) is 9.15. The molecule has 1 aromatic carbocycles. The lowest BCUT2D eigenvalue weighted by Crippen LogP contribution is -2.62. The van der Waals surface area contributed by atoms with Crippen LogP contribution in [0, 0.1) is 0 Å². The lowest BCUT2D eigenvalue weighted by molar-refractivity contribution is -0.161. The number of ether oxygens (including phenoxy) is 2. The molecule has 0 bridgehead atoms. The number of benzene rings is 1. The highest BCUT2D eigenvalue weighted by molar-refractivity contribution is 7.93. The number of nitrogens with one attached hydrogen (secondary N) is 1. The van der Waals surface area contributed by atoms with E-state index in [1.54, 1.807) is 26.8 Å². The van der Waals surface area contributed by atoms with Crippen molar-refractivity contribution in [1.29, 1.82) is 0 Å². The lowest BCUT2D eigenvalue weighted by atomic mass is 10.1. The Morgan fingerprint density at radius 1 is 1.16 bits per heavy atom. The molecular formula is C16H24N2O6S. The molecule has 0 fully saturated rings. The van der Waals surface area contributed by atoms with Gasteiger partial charge in [0, 0.05) is 0 Å². The zero-order valence-electron chi connectivity index (χ0n) is 14.7. The molecule has 0 aromatic heterocycles. The highest BCUT2D eigenvalue weighted by atomic mass is 32.2. The Morgan fingerprint density at radius 2 is 1.72 bits per heavy atom. The summed E-state index contributed by atoms with van der Waals surface area (Å²) in [6, 6.07) is 7.21. The van der Waals surface area contributed by atoms with Gasteiger partial charge in [-0.2, -0.15) is 0 Å². The fourth-order valence-corrected chi connectivity index (χ4v) is 3.75. The van der Waals surface area contributed by atoms with E-state index in [0.717, 1.165) is 0 Å². The number of carbonyl (C=O) groups is 2. The molecule has 0 saturated heterocycles. The van der Waals surface area contributed by atoms with E-state index in [4.69, 9.17) is 15.3 Å². The number of sulfone groups is 1. The van der Waals surface area contributed by atoms with Gasteiger partial charge in [-0.15, -0.1) is 0 Å². The molecule has 25 heavy (non-hydrogen) atoms. The average molecular weight is 372 g/mol. The molecule has 9 heteroatoms. The molecule has 1 atom stereocenters. The molecule has 0 aliphatic rings. The van der Waals surface area contributed by atoms with Crippen molar-refractivity contribution >= 4 is 21.8 Å². The third kappa shape index (κ3) is 4.77. The standard InChI is InChI=1S/C16H24N2O6S/c1-5-23-14(20)16(18-17,11-13(19)24-15(2,3)4)25(21,22)12-9-7-6-8-10-12/h6-10,18H,5,11,17H2,1-4H3/t16-/m0/s1. The van der Waals surface area contributed by atoms with Gasteiger partial charge in [-0.3, -0.25) is 10.6 Å². The van der Waals surface area contributed by atoms with Gasteiger partial charge >= 0.3 is 11.9 Å². The second kappa shape index (κ2) is 7.94. The van der Waals surface area contributed by atoms with Crippen LogP contribution in [0.3, 0.4) is 0 Å². The molecule has 140 valence electrons. The molecule has 0 radical (unpaired) electrons. The van der Waals surface area contributed by atoms with Gasteiger partial charge in [-0.25, -0.2) is 18.6 Å². The Kier molecular flexibility index (Phi) is 6.69. The first kappa shape index (κ1) is 21.1. The Bertz CT molecular complexity index is 712. The van der Waals surface area contributed by atoms with E-state index in [1.165, 1.54) is 31.2 Å². The van der Waals surface area contributed by atoms with Gasteiger partial charge in [-0.1, -0.05) is 18.2 Å². The summed E-state index contributed by atoms with van der Waals surface area (Å²) in [5.41, 5.74) is 1.13. The third-order valence-corrected chi connectivity index (χ3v) is 5.40. The number of nitrogens with two attached hydrogens (primary N) is 1. The van der Waals surface area contributed by atoms with Crippen molar-refractivity contribution in [3.8, 4) is 0 Å². The predicted octanol–water partition coefficient (Wildman–Crippen LogP) is 0.915. The quantitative estimate of drug-likeness (QED) is 0.411. The Balaban J connectivity index is 3.42. The summed E-state index contributed by atoms with van der Waals surface area (Å²) < 4.78 is 36.1. The van der Waals surface area contributed by atoms with Crippen LogP contribution in [-0.4, -0.2) is 37.4 Å². The van der Waals surface area contributed by atoms with Gasteiger partial charge in [0.1, 0.15) is 5.60 Å². The van der Waals surface area contributed by atoms with Crippen molar-refractivity contribution in [3.05, 3.63) is 30.3 Å². The van der Waals surface area contributed by atoms with E-state index >= 15 is 0 Å². The summed E-state index contributed by atoms with van der Waals surface area (Å²) in [4.78, 5) is 22.0. The molecule has 0 aliphatic heterocycles. The van der Waals surface area contributed by atoms with Gasteiger partial charge < -0.3 is 9.47 Å². The van der Waals surface area contributed by atoms with Gasteiger partial charge in [0.2, 0.25) is 14.7 Å². The maximum atomic E-state index is 13.1. The van der Waals surface area contributed by atoms with E-state index < -0.39 is 38.7 Å². The van der Waals surface area contributed by atoms with Crippen LogP contribution in [0.25, 0.3) is 0 Å². The fourth-order valence-electron chi connectivity index (χ4n) is 2.09. The number of hydrogen-bond acceptors (Lipinski definition) is 8. The fraction of sp³-hybridized carbons (Fsp3) is 0.500. The van der Waals surface area contributed by atoms with Crippen LogP contribution in [0.15, 0.2) is 35.2 Å². The number of hydrazine groups is 1. The number of esters is 2. The first-order valence-electron chi connectivity index (χ1n) is 7.66. The molecule has 1 aromatic rings. The third-order valence-electron chi connectivity index (χ3n) is 3.16. The minimum absolute atomic E-state index is 0.0824. The molecular weight excluding hydrogens is 348 g/mol. The van der Waals surface area contributed by atoms with Crippen molar-refractivity contribution < 1.29 is 27.5 Å². The number of hydrogen-bond donors (Lipinski definition) is 2. The van der Waals surface area contributed by atoms with Crippen LogP contribution in [-0.2, 0) is 28.9 Å². The van der Waals surface area contributed by atoms with Crippen molar-refractivity contribution in [1.82, 2.24) is 5.43 Å². The number of rotatable bonds is 7. The number of carbonyl (C=O) groups excluding carboxylic acids is 2. The molecule has 0 amide bonds. The predicted molar refractivity (Wildman–Crippen MR) is 90.8 cm³/mol. The zero-order chi connectivity index (χ0) is 19.3. The van der Waals surface area contributed by atoms with Crippen LogP contribution in [0.2, 0.25) is 0 Å². The van der Waals surface area contributed by atoms with Crippen LogP contribution in [0.4, 0.5) is 0 Å². The van der Waals surface area contributed by atoms with E-state index in [9.17, 15) is 18.0 Å². The van der Waals surface area contributed by atoms with Gasteiger partial charge in [0.25, 0.3) is 0 Å². The molecule has 0 spiro atoms. The largest absolute Gasteiger partial charge is 0.464 e. The maximum Gasteiger partial charge on any atom is 0.344 e. The summed E-state index contributed by atoms with van der Waals surface area (Å²) in [5.74, 6) is 3.36. The average Bonchev–Trinajstić information content (AvgIpc) is 2.51. The smallest absolute Gasteiger partial charge is 0.344 e. The van der Waals surface area contributed by atoms with Crippen LogP contribution in [0.5, 0.6) is 0 Å². The SMILES string of the molecule is CCOC(=O)[C@@](CC(=O)OC(C)(C)C)(NN)S(=O)(=O)c1ccccc1. The zero-order valence-corrected chi connectivity index (χ0v) is 15.6. The maximum absolute atomic E-state index is 13.1. The van der Waals surface area contributed by atoms with Crippen molar-refractivity contribution in [2.45, 2.75) is 49.5 Å². The normalized spacial score (nSPS) is 14.4. The van der Waals surface area contributed by atoms with Crippen LogP contribution >= 0.6 is 0 Å². The summed E-state index contributed by atoms with van der Waals surface area (Å²) in [6.07, 6.45) is -0.836. The minimum atomic E-state index is -4.40. The summed E-state index contributed by atoms with van der Waals surface area (Å²) in [5, 5.41) is 0. The monoisotopic (exact) mass is 372 g/mol.